The fourth-order valence-corrected chi connectivity index (χ4v) is 28.6. The van der Waals surface area contributed by atoms with Crippen LogP contribution in [0.5, 0.6) is 0 Å². The molecule has 5 N–H and O–H groups in total. The molecule has 10 amide bonds. The summed E-state index contributed by atoms with van der Waals surface area (Å²) in [4.78, 5) is 155. The molecule has 20 aliphatic carbocycles. The number of imide groups is 5. The van der Waals surface area contributed by atoms with Crippen LogP contribution >= 0.6 is 0 Å². The smallest absolute Gasteiger partial charge is 0.232 e. The molecule has 4 atom stereocenters. The van der Waals surface area contributed by atoms with E-state index in [1.807, 2.05) is 6.92 Å². The van der Waals surface area contributed by atoms with Gasteiger partial charge >= 0.3 is 0 Å². The van der Waals surface area contributed by atoms with Gasteiger partial charge in [0.25, 0.3) is 0 Å². The van der Waals surface area contributed by atoms with Crippen molar-refractivity contribution in [1.82, 2.24) is 26.6 Å². The Kier molecular flexibility index (Phi) is 15.1. The highest BCUT2D eigenvalue weighted by Crippen LogP contribution is 2.66. The first-order valence-electron chi connectivity index (χ1n) is 37.6. The van der Waals surface area contributed by atoms with E-state index in [0.717, 1.165) is 135 Å². The van der Waals surface area contributed by atoms with Crippen LogP contribution in [0.3, 0.4) is 0 Å². The molecule has 20 rings (SSSR count). The number of hydrogen-bond acceptors (Lipinski definition) is 10. The van der Waals surface area contributed by atoms with Gasteiger partial charge in [-0.25, -0.2) is 0 Å². The number of hydrogen-bond donors (Lipinski definition) is 5. The van der Waals surface area contributed by atoms with Gasteiger partial charge < -0.3 is 0 Å². The number of nitrogens with one attached hydrogen (secondary N) is 5. The lowest BCUT2D eigenvalue weighted by molar-refractivity contribution is -0.156. The molecular formula is C77H111N5O10. The maximum atomic E-state index is 16.5. The van der Waals surface area contributed by atoms with Gasteiger partial charge in [-0.2, -0.15) is 0 Å². The zero-order valence-corrected chi connectivity index (χ0v) is 57.0. The van der Waals surface area contributed by atoms with E-state index in [-0.39, 0.29) is 61.6 Å². The Labute approximate surface area is 547 Å². The molecule has 92 heavy (non-hydrogen) atoms. The molecule has 0 radical (unpaired) electrons. The molecule has 0 aliphatic heterocycles. The summed E-state index contributed by atoms with van der Waals surface area (Å²) < 4.78 is 0. The van der Waals surface area contributed by atoms with Crippen molar-refractivity contribution in [3.8, 4) is 0 Å². The molecule has 0 spiro atoms. The first-order chi connectivity index (χ1) is 43.3. The molecule has 504 valence electrons. The molecule has 4 unspecified atom stereocenters. The van der Waals surface area contributed by atoms with Crippen LogP contribution in [-0.2, 0) is 47.9 Å². The molecule has 0 heterocycles. The van der Waals surface area contributed by atoms with Gasteiger partial charge in [-0.1, -0.05) is 48.5 Å². The Morgan fingerprint density at radius 2 is 0.402 bits per heavy atom. The number of carbonyl (C=O) groups is 10. The Bertz CT molecular complexity index is 2980. The van der Waals surface area contributed by atoms with Gasteiger partial charge in [-0.15, -0.1) is 0 Å². The van der Waals surface area contributed by atoms with Gasteiger partial charge in [0.05, 0.1) is 27.1 Å². The monoisotopic (exact) mass is 1270 g/mol. The van der Waals surface area contributed by atoms with Crippen LogP contribution in [0, 0.1) is 143 Å². The average molecular weight is 1270 g/mol. The summed E-state index contributed by atoms with van der Waals surface area (Å²) in [5.74, 6) is 1.57. The SMILES string of the molecule is CCC(C)(CC(C)(CC(C)(CC(C)(CC(C)(C)C(=O)NC(=O)C12CC3CC(CC(C3)C1)C2)C(=O)NC(=O)C12CC3CC(CC(C3)C1)C2)C(=O)NC(=O)C12CC3CC(CC(C3)C1)C2)C(=O)NC(=O)C12CC3CC(CC(C3)C1)C2)C(=O)NC(=O)C12CC3CC(CC(C3)C1)C2. The quantitative estimate of drug-likeness (QED) is 0.0821. The summed E-state index contributed by atoms with van der Waals surface area (Å²) in [7, 11) is 0. The van der Waals surface area contributed by atoms with E-state index < -0.39 is 83.7 Å². The molecule has 0 aromatic heterocycles. The molecule has 20 bridgehead atoms. The van der Waals surface area contributed by atoms with Gasteiger partial charge in [0, 0.05) is 27.1 Å². The van der Waals surface area contributed by atoms with Gasteiger partial charge in [-0.3, -0.25) is 74.5 Å². The van der Waals surface area contributed by atoms with Crippen LogP contribution in [0.2, 0.25) is 0 Å². The fraction of sp³-hybridized carbons (Fsp3) is 0.870. The fourth-order valence-electron chi connectivity index (χ4n) is 28.6. The molecule has 0 aromatic carbocycles. The highest BCUT2D eigenvalue weighted by atomic mass is 16.2. The lowest BCUT2D eigenvalue weighted by Crippen LogP contribution is -2.60. The Hall–Kier alpha value is -4.30. The highest BCUT2D eigenvalue weighted by molar-refractivity contribution is 6.06. The third kappa shape index (κ3) is 10.9. The maximum Gasteiger partial charge on any atom is 0.232 e. The summed E-state index contributed by atoms with van der Waals surface area (Å²) in [6, 6.07) is 0. The van der Waals surface area contributed by atoms with Gasteiger partial charge in [0.2, 0.25) is 59.1 Å². The predicted octanol–water partition coefficient (Wildman–Crippen LogP) is 12.3. The van der Waals surface area contributed by atoms with E-state index in [1.54, 1.807) is 41.5 Å². The van der Waals surface area contributed by atoms with Crippen molar-refractivity contribution in [3.05, 3.63) is 0 Å². The van der Waals surface area contributed by atoms with Gasteiger partial charge in [-0.05, 0) is 313 Å². The van der Waals surface area contributed by atoms with Crippen molar-refractivity contribution in [1.29, 1.82) is 0 Å². The third-order valence-electron chi connectivity index (χ3n) is 30.5. The van der Waals surface area contributed by atoms with Crippen LogP contribution in [0.25, 0.3) is 0 Å². The number of carbonyl (C=O) groups excluding carboxylic acids is 10. The maximum absolute atomic E-state index is 16.5. The van der Waals surface area contributed by atoms with E-state index in [4.69, 9.17) is 0 Å². The molecule has 0 aromatic rings. The van der Waals surface area contributed by atoms with Gasteiger partial charge in [0.1, 0.15) is 0 Å². The van der Waals surface area contributed by atoms with Crippen molar-refractivity contribution in [2.75, 3.05) is 0 Å². The lowest BCUT2D eigenvalue weighted by Gasteiger charge is -2.56. The summed E-state index contributed by atoms with van der Waals surface area (Å²) in [6.07, 6.45) is 26.1. The molecule has 20 aliphatic rings. The van der Waals surface area contributed by atoms with Crippen molar-refractivity contribution in [3.63, 3.8) is 0 Å². The summed E-state index contributed by atoms with van der Waals surface area (Å²) in [5.41, 5.74) is -11.8. The van der Waals surface area contributed by atoms with E-state index in [1.165, 1.54) is 0 Å². The second-order valence-corrected chi connectivity index (χ2v) is 39.1. The molecular weight excluding hydrogens is 1150 g/mol. The van der Waals surface area contributed by atoms with Crippen LogP contribution in [0.15, 0.2) is 0 Å². The summed E-state index contributed by atoms with van der Waals surface area (Å²) in [5, 5.41) is 14.8. The average Bonchev–Trinajstić information content (AvgIpc) is 0.764. The van der Waals surface area contributed by atoms with Crippen LogP contribution in [0.1, 0.15) is 273 Å². The third-order valence-corrected chi connectivity index (χ3v) is 30.5. The van der Waals surface area contributed by atoms with E-state index in [2.05, 4.69) is 26.6 Å². The second kappa shape index (κ2) is 21.9. The van der Waals surface area contributed by atoms with Gasteiger partial charge in [0.15, 0.2) is 0 Å². The molecule has 20 saturated carbocycles. The van der Waals surface area contributed by atoms with Crippen molar-refractivity contribution in [2.45, 2.75) is 273 Å². The summed E-state index contributed by atoms with van der Waals surface area (Å²) >= 11 is 0. The first-order valence-corrected chi connectivity index (χ1v) is 37.6. The minimum atomic E-state index is -1.86. The Balaban J connectivity index is 0.791. The van der Waals surface area contributed by atoms with E-state index in [9.17, 15) is 9.59 Å². The Morgan fingerprint density at radius 1 is 0.250 bits per heavy atom. The predicted molar refractivity (Wildman–Crippen MR) is 344 cm³/mol. The zero-order valence-electron chi connectivity index (χ0n) is 57.0. The topological polar surface area (TPSA) is 231 Å². The molecule has 15 nitrogen and oxygen atoms in total. The normalized spacial score (nSPS) is 44.1. The highest BCUT2D eigenvalue weighted by Gasteiger charge is 2.63. The van der Waals surface area contributed by atoms with E-state index in [0.29, 0.717) is 147 Å². The summed E-state index contributed by atoms with van der Waals surface area (Å²) in [6.45, 7) is 12.2. The Morgan fingerprint density at radius 3 is 0.587 bits per heavy atom. The minimum absolute atomic E-state index is 0.198. The van der Waals surface area contributed by atoms with Crippen LogP contribution in [0.4, 0.5) is 0 Å². The first kappa shape index (κ1) is 63.7. The second-order valence-electron chi connectivity index (χ2n) is 39.1. The molecule has 0 saturated heterocycles. The van der Waals surface area contributed by atoms with Crippen molar-refractivity contribution >= 4 is 59.1 Å². The van der Waals surface area contributed by atoms with Crippen molar-refractivity contribution < 1.29 is 47.9 Å². The van der Waals surface area contributed by atoms with Crippen molar-refractivity contribution in [2.24, 2.45) is 143 Å². The number of rotatable bonds is 19. The van der Waals surface area contributed by atoms with Crippen LogP contribution < -0.4 is 26.6 Å². The van der Waals surface area contributed by atoms with Crippen LogP contribution in [-0.4, -0.2) is 59.1 Å². The minimum Gasteiger partial charge on any atom is -0.296 e. The number of amides is 10. The molecule has 20 fully saturated rings. The zero-order chi connectivity index (χ0) is 64.7. The standard InChI is InChI=1S/C77H111N5O10/c1-8-69(4,59(84)79-64(89)74-27-46-12-47(28-74)14-48(13-46)29-74)40-71(6,61(86)81-66(91)76-33-52-18-53(34-76)20-54(19-52)35-76)42-72(7,62(87)82-67(92)77-36-55-21-56(37-77)23-57(22-55)38-77)41-70(5,60(85)80-65(90)75-30-49-15-50(31-75)17-51(16-49)32-75)39-68(2,3)58(83)78-63(88)73-24-43-9-44(25-73)11-45(10-43)26-73/h43-57H,8-42H2,1-7H3,(H,78,83,88)(H,79,84,89)(H,80,85,90)(H,81,86,91)(H,82,87,92). The molecule has 15 heteroatoms. The van der Waals surface area contributed by atoms with E-state index >= 15 is 38.4 Å². The lowest BCUT2D eigenvalue weighted by atomic mass is 9.49. The largest absolute Gasteiger partial charge is 0.296 e.